The number of fused-ring (bicyclic) bond motifs is 1. The highest BCUT2D eigenvalue weighted by atomic mass is 35.5. The molecule has 2 heterocycles. The van der Waals surface area contributed by atoms with Crippen molar-refractivity contribution in [3.63, 3.8) is 0 Å². The van der Waals surface area contributed by atoms with Gasteiger partial charge in [0.1, 0.15) is 5.82 Å². The van der Waals surface area contributed by atoms with E-state index >= 15 is 0 Å². The van der Waals surface area contributed by atoms with Crippen molar-refractivity contribution in [3.8, 4) is 0 Å². The lowest BCUT2D eigenvalue weighted by atomic mass is 10.0. The number of benzene rings is 1. The van der Waals surface area contributed by atoms with Crippen LogP contribution in [0.2, 0.25) is 5.02 Å². The van der Waals surface area contributed by atoms with Gasteiger partial charge in [-0.2, -0.15) is 0 Å². The molecule has 0 aliphatic carbocycles. The topological polar surface area (TPSA) is 53.1 Å². The van der Waals surface area contributed by atoms with Crippen molar-refractivity contribution in [1.29, 1.82) is 0 Å². The lowest BCUT2D eigenvalue weighted by Gasteiger charge is -2.15. The Bertz CT molecular complexity index is 596. The number of aryl methyl sites for hydroxylation is 1. The molecule has 2 N–H and O–H groups in total. The van der Waals surface area contributed by atoms with Crippen molar-refractivity contribution < 1.29 is 4.74 Å². The lowest BCUT2D eigenvalue weighted by Crippen LogP contribution is -2.29. The molecular formula is C14H18ClN3O. The first kappa shape index (κ1) is 12.9. The van der Waals surface area contributed by atoms with E-state index in [9.17, 15) is 0 Å². The highest BCUT2D eigenvalue weighted by Gasteiger charge is 2.31. The molecule has 4 nitrogen and oxygen atoms in total. The van der Waals surface area contributed by atoms with Gasteiger partial charge in [0, 0.05) is 17.6 Å². The van der Waals surface area contributed by atoms with E-state index in [4.69, 9.17) is 27.1 Å². The first-order valence-corrected chi connectivity index (χ1v) is 7.07. The first-order chi connectivity index (χ1) is 9.20. The van der Waals surface area contributed by atoms with E-state index in [1.54, 1.807) is 0 Å². The summed E-state index contributed by atoms with van der Waals surface area (Å²) in [6.45, 7) is 4.35. The second-order valence-electron chi connectivity index (χ2n) is 5.06. The summed E-state index contributed by atoms with van der Waals surface area (Å²) < 4.78 is 7.71. The highest BCUT2D eigenvalue weighted by molar-refractivity contribution is 6.31. The quantitative estimate of drug-likeness (QED) is 0.939. The van der Waals surface area contributed by atoms with Gasteiger partial charge in [0.2, 0.25) is 0 Å². The molecule has 2 atom stereocenters. The Morgan fingerprint density at radius 1 is 1.47 bits per heavy atom. The number of nitrogens with two attached hydrogens (primary N) is 1. The third-order valence-corrected chi connectivity index (χ3v) is 3.88. The molecule has 5 heteroatoms. The van der Waals surface area contributed by atoms with Crippen LogP contribution in [0.5, 0.6) is 0 Å². The third-order valence-electron chi connectivity index (χ3n) is 3.64. The van der Waals surface area contributed by atoms with Crippen molar-refractivity contribution in [1.82, 2.24) is 9.55 Å². The van der Waals surface area contributed by atoms with Gasteiger partial charge < -0.3 is 15.0 Å². The Labute approximate surface area is 117 Å². The standard InChI is InChI=1S/C14H18ClN3O/c1-2-5-18-13-6-9(15)3-4-12(13)17-14(18)10-7-19-8-11(10)16/h3-4,6,10-11H,2,5,7-8,16H2,1H3. The van der Waals surface area contributed by atoms with Gasteiger partial charge >= 0.3 is 0 Å². The van der Waals surface area contributed by atoms with Crippen molar-refractivity contribution in [2.45, 2.75) is 31.8 Å². The van der Waals surface area contributed by atoms with Crippen molar-refractivity contribution in [2.24, 2.45) is 5.73 Å². The number of halogens is 1. The summed E-state index contributed by atoms with van der Waals surface area (Å²) in [5, 5.41) is 0.739. The van der Waals surface area contributed by atoms with Crippen LogP contribution in [-0.4, -0.2) is 28.8 Å². The van der Waals surface area contributed by atoms with E-state index in [0.29, 0.717) is 13.2 Å². The second-order valence-corrected chi connectivity index (χ2v) is 5.50. The Kier molecular flexibility index (Phi) is 3.48. The SMILES string of the molecule is CCCn1c(C2COCC2N)nc2ccc(Cl)cc21. The average molecular weight is 280 g/mol. The molecule has 0 saturated carbocycles. The third kappa shape index (κ3) is 2.24. The lowest BCUT2D eigenvalue weighted by molar-refractivity contribution is 0.190. The first-order valence-electron chi connectivity index (χ1n) is 6.69. The van der Waals surface area contributed by atoms with Gasteiger partial charge in [-0.1, -0.05) is 18.5 Å². The molecule has 2 unspecified atom stereocenters. The second kappa shape index (κ2) is 5.12. The number of hydrogen-bond acceptors (Lipinski definition) is 3. The zero-order chi connectivity index (χ0) is 13.4. The van der Waals surface area contributed by atoms with Crippen LogP contribution in [0.3, 0.4) is 0 Å². The predicted molar refractivity (Wildman–Crippen MR) is 76.6 cm³/mol. The number of nitrogens with zero attached hydrogens (tertiary/aromatic N) is 2. The van der Waals surface area contributed by atoms with E-state index in [2.05, 4.69) is 11.5 Å². The Hall–Kier alpha value is -1.10. The molecule has 0 spiro atoms. The molecule has 1 aliphatic rings. The summed E-state index contributed by atoms with van der Waals surface area (Å²) in [6.07, 6.45) is 1.05. The molecule has 1 aromatic carbocycles. The monoisotopic (exact) mass is 279 g/mol. The van der Waals surface area contributed by atoms with Crippen LogP contribution in [0.1, 0.15) is 25.1 Å². The number of hydrogen-bond donors (Lipinski definition) is 1. The van der Waals surface area contributed by atoms with Crippen LogP contribution in [0.15, 0.2) is 18.2 Å². The van der Waals surface area contributed by atoms with E-state index in [0.717, 1.165) is 34.8 Å². The minimum atomic E-state index is 0.0305. The average Bonchev–Trinajstić information content (AvgIpc) is 2.94. The van der Waals surface area contributed by atoms with Gasteiger partial charge in [-0.25, -0.2) is 4.98 Å². The van der Waals surface area contributed by atoms with Crippen LogP contribution in [0, 0.1) is 0 Å². The summed E-state index contributed by atoms with van der Waals surface area (Å²) in [6, 6.07) is 5.85. The summed E-state index contributed by atoms with van der Waals surface area (Å²) in [4.78, 5) is 4.75. The Morgan fingerprint density at radius 3 is 3.00 bits per heavy atom. The van der Waals surface area contributed by atoms with E-state index in [-0.39, 0.29) is 12.0 Å². The van der Waals surface area contributed by atoms with Gasteiger partial charge in [0.05, 0.1) is 30.2 Å². The fraction of sp³-hybridized carbons (Fsp3) is 0.500. The van der Waals surface area contributed by atoms with Gasteiger partial charge in [0.25, 0.3) is 0 Å². The van der Waals surface area contributed by atoms with E-state index in [1.807, 2.05) is 18.2 Å². The summed E-state index contributed by atoms with van der Waals surface area (Å²) in [5.41, 5.74) is 8.19. The maximum absolute atomic E-state index is 6.12. The maximum Gasteiger partial charge on any atom is 0.116 e. The maximum atomic E-state index is 6.12. The van der Waals surface area contributed by atoms with E-state index < -0.39 is 0 Å². The number of imidazole rings is 1. The molecule has 0 bridgehead atoms. The molecule has 0 radical (unpaired) electrons. The summed E-state index contributed by atoms with van der Waals surface area (Å²) in [5.74, 6) is 1.21. The van der Waals surface area contributed by atoms with Crippen LogP contribution in [0.4, 0.5) is 0 Å². The number of ether oxygens (including phenoxy) is 1. The molecular weight excluding hydrogens is 262 g/mol. The van der Waals surface area contributed by atoms with Crippen LogP contribution in [-0.2, 0) is 11.3 Å². The van der Waals surface area contributed by atoms with Crippen LogP contribution < -0.4 is 5.73 Å². The fourth-order valence-electron chi connectivity index (χ4n) is 2.69. The minimum Gasteiger partial charge on any atom is -0.379 e. The largest absolute Gasteiger partial charge is 0.379 e. The van der Waals surface area contributed by atoms with Crippen molar-refractivity contribution in [2.75, 3.05) is 13.2 Å². The number of aromatic nitrogens is 2. The molecule has 1 saturated heterocycles. The molecule has 1 fully saturated rings. The van der Waals surface area contributed by atoms with Crippen molar-refractivity contribution >= 4 is 22.6 Å². The molecule has 3 rings (SSSR count). The van der Waals surface area contributed by atoms with Gasteiger partial charge in [0.15, 0.2) is 0 Å². The molecule has 19 heavy (non-hydrogen) atoms. The highest BCUT2D eigenvalue weighted by Crippen LogP contribution is 2.29. The molecule has 0 amide bonds. The predicted octanol–water partition coefficient (Wildman–Crippen LogP) is 2.54. The van der Waals surface area contributed by atoms with Crippen molar-refractivity contribution in [3.05, 3.63) is 29.0 Å². The van der Waals surface area contributed by atoms with Crippen LogP contribution >= 0.6 is 11.6 Å². The van der Waals surface area contributed by atoms with Gasteiger partial charge in [-0.05, 0) is 24.6 Å². The summed E-state index contributed by atoms with van der Waals surface area (Å²) >= 11 is 6.10. The molecule has 2 aromatic rings. The van der Waals surface area contributed by atoms with Crippen LogP contribution in [0.25, 0.3) is 11.0 Å². The molecule has 1 aliphatic heterocycles. The molecule has 102 valence electrons. The molecule has 1 aromatic heterocycles. The zero-order valence-corrected chi connectivity index (χ0v) is 11.7. The van der Waals surface area contributed by atoms with Gasteiger partial charge in [-0.15, -0.1) is 0 Å². The minimum absolute atomic E-state index is 0.0305. The number of rotatable bonds is 3. The Balaban J connectivity index is 2.14. The normalized spacial score (nSPS) is 23.3. The van der Waals surface area contributed by atoms with E-state index in [1.165, 1.54) is 0 Å². The van der Waals surface area contributed by atoms with Gasteiger partial charge in [-0.3, -0.25) is 0 Å². The summed E-state index contributed by atoms with van der Waals surface area (Å²) in [7, 11) is 0. The smallest absolute Gasteiger partial charge is 0.116 e. The fourth-order valence-corrected chi connectivity index (χ4v) is 2.86. The Morgan fingerprint density at radius 2 is 2.32 bits per heavy atom. The zero-order valence-electron chi connectivity index (χ0n) is 11.0.